The summed E-state index contributed by atoms with van der Waals surface area (Å²) in [4.78, 5) is 26.8. The van der Waals surface area contributed by atoms with Gasteiger partial charge in [-0.25, -0.2) is 9.37 Å². The molecule has 27 heavy (non-hydrogen) atoms. The first-order valence-electron chi connectivity index (χ1n) is 7.43. The zero-order chi connectivity index (χ0) is 19.6. The summed E-state index contributed by atoms with van der Waals surface area (Å²) in [5.74, 6) is -0.981. The van der Waals surface area contributed by atoms with Gasteiger partial charge in [0, 0.05) is 22.6 Å². The number of hydrogen-bond donors (Lipinski definition) is 1. The summed E-state index contributed by atoms with van der Waals surface area (Å²) in [5, 5.41) is 15.3. The molecule has 0 unspecified atom stereocenters. The van der Waals surface area contributed by atoms with Crippen LogP contribution in [-0.4, -0.2) is 22.9 Å². The molecule has 7 nitrogen and oxygen atoms in total. The summed E-state index contributed by atoms with van der Waals surface area (Å²) in [5.41, 5.74) is 0.697. The number of aromatic nitrogens is 1. The Hall–Kier alpha value is -3.04. The molecule has 0 saturated carbocycles. The van der Waals surface area contributed by atoms with Gasteiger partial charge in [-0.3, -0.25) is 20.2 Å². The third-order valence-corrected chi connectivity index (χ3v) is 4.65. The number of nitrogens with one attached hydrogen (secondary N) is 1. The van der Waals surface area contributed by atoms with Gasteiger partial charge in [-0.1, -0.05) is 11.6 Å². The highest BCUT2D eigenvalue weighted by Crippen LogP contribution is 2.29. The third-order valence-electron chi connectivity index (χ3n) is 3.58. The molecule has 10 heteroatoms. The first-order valence-corrected chi connectivity index (χ1v) is 8.69. The van der Waals surface area contributed by atoms with Crippen LogP contribution in [-0.2, 0) is 0 Å². The van der Waals surface area contributed by atoms with Crippen molar-refractivity contribution in [3.8, 4) is 17.0 Å². The zero-order valence-electron chi connectivity index (χ0n) is 13.7. The lowest BCUT2D eigenvalue weighted by Crippen LogP contribution is -2.12. The minimum atomic E-state index is -0.668. The van der Waals surface area contributed by atoms with Gasteiger partial charge in [0.15, 0.2) is 16.7 Å². The van der Waals surface area contributed by atoms with Crippen LogP contribution in [0, 0.1) is 15.9 Å². The monoisotopic (exact) mass is 407 g/mol. The van der Waals surface area contributed by atoms with Crippen LogP contribution in [0.2, 0.25) is 5.02 Å². The van der Waals surface area contributed by atoms with E-state index in [0.29, 0.717) is 11.3 Å². The van der Waals surface area contributed by atoms with Crippen molar-refractivity contribution < 1.29 is 18.8 Å². The summed E-state index contributed by atoms with van der Waals surface area (Å²) in [7, 11) is 1.37. The highest BCUT2D eigenvalue weighted by atomic mass is 35.5. The maximum absolute atomic E-state index is 13.8. The minimum Gasteiger partial charge on any atom is -0.494 e. The maximum Gasteiger partial charge on any atom is 0.288 e. The van der Waals surface area contributed by atoms with Crippen LogP contribution in [0.25, 0.3) is 11.3 Å². The van der Waals surface area contributed by atoms with E-state index in [1.807, 2.05) is 0 Å². The maximum atomic E-state index is 13.8. The van der Waals surface area contributed by atoms with E-state index in [1.54, 1.807) is 11.4 Å². The Balaban J connectivity index is 1.80. The molecule has 0 atom stereocenters. The molecule has 3 aromatic rings. The van der Waals surface area contributed by atoms with Crippen molar-refractivity contribution >= 4 is 39.7 Å². The molecule has 0 saturated heterocycles. The number of hydrogen-bond acceptors (Lipinski definition) is 6. The second-order valence-electron chi connectivity index (χ2n) is 5.26. The molecule has 2 aromatic carbocycles. The van der Waals surface area contributed by atoms with Crippen molar-refractivity contribution in [3.63, 3.8) is 0 Å². The van der Waals surface area contributed by atoms with Gasteiger partial charge in [0.05, 0.1) is 17.7 Å². The first kappa shape index (κ1) is 18.7. The highest BCUT2D eigenvalue weighted by Gasteiger charge is 2.17. The number of nitro groups is 1. The number of amides is 1. The Kier molecular flexibility index (Phi) is 5.33. The second kappa shape index (κ2) is 7.68. The smallest absolute Gasteiger partial charge is 0.288 e. The van der Waals surface area contributed by atoms with E-state index >= 15 is 0 Å². The molecule has 0 fully saturated rings. The minimum absolute atomic E-state index is 0.0605. The normalized spacial score (nSPS) is 10.5. The topological polar surface area (TPSA) is 94.4 Å². The number of rotatable bonds is 5. The van der Waals surface area contributed by atoms with Crippen molar-refractivity contribution in [1.29, 1.82) is 0 Å². The van der Waals surface area contributed by atoms with E-state index in [-0.39, 0.29) is 27.2 Å². The molecular weight excluding hydrogens is 397 g/mol. The molecule has 0 spiro atoms. The molecule has 138 valence electrons. The standard InChI is InChI=1S/C17H11ClFN3O4S/c1-26-15-5-3-9(6-12(15)19)13-8-27-17(20-13)21-16(23)10-2-4-11(18)14(7-10)22(24)25/h2-8H,1H3,(H,20,21,23). The number of ether oxygens (including phenoxy) is 1. The van der Waals surface area contributed by atoms with Crippen LogP contribution in [0.3, 0.4) is 0 Å². The highest BCUT2D eigenvalue weighted by molar-refractivity contribution is 7.14. The predicted molar refractivity (Wildman–Crippen MR) is 100 cm³/mol. The van der Waals surface area contributed by atoms with E-state index in [2.05, 4.69) is 10.3 Å². The molecule has 0 aliphatic heterocycles. The van der Waals surface area contributed by atoms with Crippen LogP contribution < -0.4 is 10.1 Å². The molecule has 0 radical (unpaired) electrons. The van der Waals surface area contributed by atoms with Gasteiger partial charge >= 0.3 is 0 Å². The molecule has 1 heterocycles. The average Bonchev–Trinajstić information content (AvgIpc) is 3.10. The van der Waals surface area contributed by atoms with Gasteiger partial charge in [0.25, 0.3) is 11.6 Å². The summed E-state index contributed by atoms with van der Waals surface area (Å²) in [6.07, 6.45) is 0. The molecule has 1 aromatic heterocycles. The van der Waals surface area contributed by atoms with Crippen LogP contribution in [0.5, 0.6) is 5.75 Å². The van der Waals surface area contributed by atoms with Gasteiger partial charge < -0.3 is 4.74 Å². The van der Waals surface area contributed by atoms with E-state index < -0.39 is 16.6 Å². The molecule has 1 amide bonds. The Morgan fingerprint density at radius 1 is 1.33 bits per heavy atom. The fraction of sp³-hybridized carbons (Fsp3) is 0.0588. The molecule has 0 aliphatic rings. The lowest BCUT2D eigenvalue weighted by Gasteiger charge is -2.04. The lowest BCUT2D eigenvalue weighted by molar-refractivity contribution is -0.384. The number of nitrogens with zero attached hydrogens (tertiary/aromatic N) is 2. The summed E-state index contributed by atoms with van der Waals surface area (Å²) in [6.45, 7) is 0. The molecular formula is C17H11ClFN3O4S. The van der Waals surface area contributed by atoms with Crippen LogP contribution in [0.4, 0.5) is 15.2 Å². The van der Waals surface area contributed by atoms with Gasteiger partial charge in [0.2, 0.25) is 0 Å². The van der Waals surface area contributed by atoms with E-state index in [4.69, 9.17) is 16.3 Å². The average molecular weight is 408 g/mol. The zero-order valence-corrected chi connectivity index (χ0v) is 15.3. The summed E-state index contributed by atoms with van der Waals surface area (Å²) in [6, 6.07) is 8.15. The lowest BCUT2D eigenvalue weighted by atomic mass is 10.1. The number of nitro benzene ring substituents is 1. The SMILES string of the molecule is COc1ccc(-c2csc(NC(=O)c3ccc(Cl)c([N+](=O)[O-])c3)n2)cc1F. The molecule has 0 aliphatic carbocycles. The number of halogens is 2. The number of thiazole rings is 1. The number of anilines is 1. The van der Waals surface area contributed by atoms with E-state index in [1.165, 1.54) is 31.4 Å². The van der Waals surface area contributed by atoms with Crippen molar-refractivity contribution in [2.24, 2.45) is 0 Å². The number of benzene rings is 2. The van der Waals surface area contributed by atoms with Crippen molar-refractivity contribution in [1.82, 2.24) is 4.98 Å². The predicted octanol–water partition coefficient (Wildman–Crippen LogP) is 4.77. The molecule has 1 N–H and O–H groups in total. The van der Waals surface area contributed by atoms with Crippen molar-refractivity contribution in [2.45, 2.75) is 0 Å². The van der Waals surface area contributed by atoms with Crippen LogP contribution in [0.15, 0.2) is 41.8 Å². The fourth-order valence-electron chi connectivity index (χ4n) is 2.25. The van der Waals surface area contributed by atoms with Gasteiger partial charge in [-0.15, -0.1) is 11.3 Å². The third kappa shape index (κ3) is 4.04. The number of carbonyl (C=O) groups is 1. The first-order chi connectivity index (χ1) is 12.9. The number of carbonyl (C=O) groups excluding carboxylic acids is 1. The summed E-state index contributed by atoms with van der Waals surface area (Å²) >= 11 is 6.88. The fourth-order valence-corrected chi connectivity index (χ4v) is 3.15. The van der Waals surface area contributed by atoms with Crippen molar-refractivity contribution in [3.05, 3.63) is 68.3 Å². The van der Waals surface area contributed by atoms with Crippen molar-refractivity contribution in [2.75, 3.05) is 12.4 Å². The van der Waals surface area contributed by atoms with Crippen LogP contribution >= 0.6 is 22.9 Å². The largest absolute Gasteiger partial charge is 0.494 e. The van der Waals surface area contributed by atoms with E-state index in [0.717, 1.165) is 17.4 Å². The Labute approximate surface area is 161 Å². The Bertz CT molecular complexity index is 1040. The molecule has 0 bridgehead atoms. The quantitative estimate of drug-likeness (QED) is 0.485. The number of methoxy groups -OCH3 is 1. The van der Waals surface area contributed by atoms with Gasteiger partial charge in [-0.05, 0) is 30.3 Å². The molecule has 3 rings (SSSR count). The second-order valence-corrected chi connectivity index (χ2v) is 6.53. The van der Waals surface area contributed by atoms with E-state index in [9.17, 15) is 19.3 Å². The van der Waals surface area contributed by atoms with Gasteiger partial charge in [-0.2, -0.15) is 0 Å². The summed E-state index contributed by atoms with van der Waals surface area (Å²) < 4.78 is 18.7. The Morgan fingerprint density at radius 2 is 2.11 bits per heavy atom. The Morgan fingerprint density at radius 3 is 2.78 bits per heavy atom. The van der Waals surface area contributed by atoms with Gasteiger partial charge in [0.1, 0.15) is 5.02 Å². The van der Waals surface area contributed by atoms with Crippen LogP contribution in [0.1, 0.15) is 10.4 Å².